The second-order valence-electron chi connectivity index (χ2n) is 4.72. The summed E-state index contributed by atoms with van der Waals surface area (Å²) in [7, 11) is 1.56. The minimum Gasteiger partial charge on any atom is -0.389 e. The van der Waals surface area contributed by atoms with E-state index in [4.69, 9.17) is 4.74 Å². The van der Waals surface area contributed by atoms with Crippen LogP contribution in [-0.2, 0) is 4.74 Å². The molecular weight excluding hydrogens is 254 g/mol. The Balaban J connectivity index is 2.53. The van der Waals surface area contributed by atoms with Crippen molar-refractivity contribution in [3.8, 4) is 0 Å². The molecule has 3 unspecified atom stereocenters. The smallest absolute Gasteiger partial charge is 0.222 e. The first-order valence-corrected chi connectivity index (χ1v) is 6.60. The standard InChI is InChI=1S/C15H23N3O2/c1-5-13(20-4)14(19)12(3)9-11(2)10-18-15-16-7-6-8-17-15/h5-9,12-14,19H,1,10H2,2-4H3,(H,16,17,18). The van der Waals surface area contributed by atoms with Crippen LogP contribution in [-0.4, -0.2) is 40.9 Å². The van der Waals surface area contributed by atoms with Gasteiger partial charge in [-0.2, -0.15) is 0 Å². The van der Waals surface area contributed by atoms with Crippen LogP contribution < -0.4 is 5.32 Å². The molecule has 1 aromatic rings. The summed E-state index contributed by atoms with van der Waals surface area (Å²) in [5.74, 6) is 0.561. The van der Waals surface area contributed by atoms with E-state index in [1.165, 1.54) is 0 Å². The van der Waals surface area contributed by atoms with Gasteiger partial charge in [-0.25, -0.2) is 9.97 Å². The van der Waals surface area contributed by atoms with Gasteiger partial charge in [-0.05, 0) is 13.0 Å². The van der Waals surface area contributed by atoms with Crippen molar-refractivity contribution in [2.75, 3.05) is 19.0 Å². The molecule has 0 saturated carbocycles. The first-order chi connectivity index (χ1) is 9.58. The third kappa shape index (κ3) is 5.11. The van der Waals surface area contributed by atoms with Crippen molar-refractivity contribution in [1.29, 1.82) is 0 Å². The minimum absolute atomic E-state index is 0.0311. The number of aliphatic hydroxyl groups is 1. The van der Waals surface area contributed by atoms with E-state index in [1.807, 2.05) is 19.9 Å². The van der Waals surface area contributed by atoms with Gasteiger partial charge in [-0.15, -0.1) is 6.58 Å². The SMILES string of the molecule is C=CC(OC)C(O)C(C)C=C(C)CNc1ncccn1. The van der Waals surface area contributed by atoms with Gasteiger partial charge in [-0.3, -0.25) is 0 Å². The highest BCUT2D eigenvalue weighted by molar-refractivity contribution is 5.25. The van der Waals surface area contributed by atoms with Crippen molar-refractivity contribution in [1.82, 2.24) is 9.97 Å². The average molecular weight is 277 g/mol. The zero-order chi connectivity index (χ0) is 15.0. The van der Waals surface area contributed by atoms with Crippen LogP contribution >= 0.6 is 0 Å². The number of nitrogens with one attached hydrogen (secondary N) is 1. The van der Waals surface area contributed by atoms with Gasteiger partial charge in [-0.1, -0.05) is 24.6 Å². The quantitative estimate of drug-likeness (QED) is 0.712. The molecule has 0 spiro atoms. The molecule has 0 fully saturated rings. The van der Waals surface area contributed by atoms with Crippen LogP contribution in [0.3, 0.4) is 0 Å². The van der Waals surface area contributed by atoms with Crippen LogP contribution in [0, 0.1) is 5.92 Å². The highest BCUT2D eigenvalue weighted by Crippen LogP contribution is 2.14. The number of hydrogen-bond acceptors (Lipinski definition) is 5. The molecule has 1 heterocycles. The number of aliphatic hydroxyl groups excluding tert-OH is 1. The highest BCUT2D eigenvalue weighted by Gasteiger charge is 2.20. The fraction of sp³-hybridized carbons (Fsp3) is 0.467. The Hall–Kier alpha value is -1.72. The molecule has 3 atom stereocenters. The summed E-state index contributed by atoms with van der Waals surface area (Å²) in [4.78, 5) is 8.18. The van der Waals surface area contributed by atoms with E-state index in [1.54, 1.807) is 31.6 Å². The van der Waals surface area contributed by atoms with Crippen molar-refractivity contribution in [2.24, 2.45) is 5.92 Å². The fourth-order valence-electron chi connectivity index (χ4n) is 1.89. The zero-order valence-electron chi connectivity index (χ0n) is 12.3. The summed E-state index contributed by atoms with van der Waals surface area (Å²) in [6, 6.07) is 1.77. The van der Waals surface area contributed by atoms with Gasteiger partial charge in [0.15, 0.2) is 0 Å². The lowest BCUT2D eigenvalue weighted by Gasteiger charge is -2.22. The molecule has 0 aliphatic rings. The van der Waals surface area contributed by atoms with Crippen LogP contribution in [0.1, 0.15) is 13.8 Å². The molecule has 110 valence electrons. The lowest BCUT2D eigenvalue weighted by atomic mass is 9.97. The molecule has 0 aromatic carbocycles. The van der Waals surface area contributed by atoms with E-state index in [-0.39, 0.29) is 12.0 Å². The van der Waals surface area contributed by atoms with E-state index in [9.17, 15) is 5.11 Å². The number of ether oxygens (including phenoxy) is 1. The number of nitrogens with zero attached hydrogens (tertiary/aromatic N) is 2. The first-order valence-electron chi connectivity index (χ1n) is 6.60. The lowest BCUT2D eigenvalue weighted by Crippen LogP contribution is -2.31. The van der Waals surface area contributed by atoms with Gasteiger partial charge in [0.25, 0.3) is 0 Å². The van der Waals surface area contributed by atoms with Crippen molar-refractivity contribution in [3.63, 3.8) is 0 Å². The summed E-state index contributed by atoms with van der Waals surface area (Å²) < 4.78 is 5.16. The van der Waals surface area contributed by atoms with Gasteiger partial charge in [0.05, 0.1) is 6.10 Å². The number of anilines is 1. The van der Waals surface area contributed by atoms with E-state index in [0.717, 1.165) is 5.57 Å². The molecule has 5 heteroatoms. The molecule has 2 N–H and O–H groups in total. The Morgan fingerprint density at radius 2 is 2.15 bits per heavy atom. The molecule has 0 saturated heterocycles. The highest BCUT2D eigenvalue weighted by atomic mass is 16.5. The number of methoxy groups -OCH3 is 1. The van der Waals surface area contributed by atoms with Crippen molar-refractivity contribution < 1.29 is 9.84 Å². The number of rotatable bonds is 8. The van der Waals surface area contributed by atoms with Crippen molar-refractivity contribution in [2.45, 2.75) is 26.1 Å². The summed E-state index contributed by atoms with van der Waals surface area (Å²) in [6.07, 6.45) is 6.03. The van der Waals surface area contributed by atoms with Crippen LogP contribution in [0.4, 0.5) is 5.95 Å². The third-order valence-corrected chi connectivity index (χ3v) is 3.02. The topological polar surface area (TPSA) is 67.3 Å². The average Bonchev–Trinajstić information content (AvgIpc) is 2.47. The number of hydrogen-bond donors (Lipinski definition) is 2. The fourth-order valence-corrected chi connectivity index (χ4v) is 1.89. The van der Waals surface area contributed by atoms with E-state index in [2.05, 4.69) is 21.9 Å². The molecule has 0 amide bonds. The Kier molecular flexibility index (Phi) is 6.90. The molecule has 0 aliphatic heterocycles. The molecule has 0 radical (unpaired) electrons. The van der Waals surface area contributed by atoms with Gasteiger partial charge in [0, 0.05) is 32.0 Å². The molecule has 1 aromatic heterocycles. The summed E-state index contributed by atoms with van der Waals surface area (Å²) in [5.41, 5.74) is 1.10. The van der Waals surface area contributed by atoms with Crippen molar-refractivity contribution >= 4 is 5.95 Å². The van der Waals surface area contributed by atoms with Crippen LogP contribution in [0.25, 0.3) is 0 Å². The van der Waals surface area contributed by atoms with E-state index in [0.29, 0.717) is 12.5 Å². The van der Waals surface area contributed by atoms with Crippen LogP contribution in [0.2, 0.25) is 0 Å². The zero-order valence-corrected chi connectivity index (χ0v) is 12.3. The Labute approximate surface area is 120 Å². The van der Waals surface area contributed by atoms with Crippen LogP contribution in [0.5, 0.6) is 0 Å². The Morgan fingerprint density at radius 3 is 2.70 bits per heavy atom. The number of aromatic nitrogens is 2. The Bertz CT molecular complexity index is 434. The van der Waals surface area contributed by atoms with Gasteiger partial charge in [0.1, 0.15) is 6.10 Å². The minimum atomic E-state index is -0.611. The summed E-state index contributed by atoms with van der Waals surface area (Å²) in [5, 5.41) is 13.2. The van der Waals surface area contributed by atoms with Crippen molar-refractivity contribution in [3.05, 3.63) is 42.8 Å². The maximum atomic E-state index is 10.1. The molecular formula is C15H23N3O2. The van der Waals surface area contributed by atoms with Crippen LogP contribution in [0.15, 0.2) is 42.8 Å². The summed E-state index contributed by atoms with van der Waals surface area (Å²) in [6.45, 7) is 8.23. The van der Waals surface area contributed by atoms with E-state index >= 15 is 0 Å². The largest absolute Gasteiger partial charge is 0.389 e. The summed E-state index contributed by atoms with van der Waals surface area (Å²) >= 11 is 0. The molecule has 20 heavy (non-hydrogen) atoms. The van der Waals surface area contributed by atoms with Gasteiger partial charge >= 0.3 is 0 Å². The predicted octanol–water partition coefficient (Wildman–Crippen LogP) is 2.03. The van der Waals surface area contributed by atoms with E-state index < -0.39 is 6.10 Å². The molecule has 5 nitrogen and oxygen atoms in total. The Morgan fingerprint density at radius 1 is 1.50 bits per heavy atom. The predicted molar refractivity (Wildman–Crippen MR) is 80.4 cm³/mol. The van der Waals surface area contributed by atoms with Gasteiger partial charge < -0.3 is 15.2 Å². The molecule has 0 aliphatic carbocycles. The molecule has 1 rings (SSSR count). The van der Waals surface area contributed by atoms with Gasteiger partial charge in [0.2, 0.25) is 5.95 Å². The maximum Gasteiger partial charge on any atom is 0.222 e. The third-order valence-electron chi connectivity index (χ3n) is 3.02. The normalized spacial score (nSPS) is 16.3. The second-order valence-corrected chi connectivity index (χ2v) is 4.72. The monoisotopic (exact) mass is 277 g/mol. The first kappa shape index (κ1) is 16.3. The second kappa shape index (κ2) is 8.45. The molecule has 0 bridgehead atoms. The maximum absolute atomic E-state index is 10.1. The lowest BCUT2D eigenvalue weighted by molar-refractivity contribution is -0.00152.